The molecule has 7 nitrogen and oxygen atoms in total. The summed E-state index contributed by atoms with van der Waals surface area (Å²) in [7, 11) is 2.88. The zero-order valence-electron chi connectivity index (χ0n) is 15.8. The summed E-state index contributed by atoms with van der Waals surface area (Å²) in [5.41, 5.74) is 0.486. The molecule has 0 aromatic heterocycles. The van der Waals surface area contributed by atoms with Crippen molar-refractivity contribution in [2.45, 2.75) is 27.0 Å². The lowest BCUT2D eigenvalue weighted by Gasteiger charge is -2.18. The van der Waals surface area contributed by atoms with Gasteiger partial charge in [0, 0.05) is 25.7 Å². The van der Waals surface area contributed by atoms with Crippen LogP contribution in [-0.4, -0.2) is 45.8 Å². The van der Waals surface area contributed by atoms with Gasteiger partial charge in [-0.15, -0.1) is 24.0 Å². The zero-order valence-corrected chi connectivity index (χ0v) is 18.1. The molecular formula is C17H26F2IN3O4. The SMILES string of the molecule is CCOc1cccc(CNC(=NC)NCC(C)C(=O)OC)c1OC(F)F.I. The van der Waals surface area contributed by atoms with E-state index in [9.17, 15) is 13.6 Å². The van der Waals surface area contributed by atoms with E-state index in [0.717, 1.165) is 0 Å². The molecular weight excluding hydrogens is 475 g/mol. The third kappa shape index (κ3) is 8.59. The number of methoxy groups -OCH3 is 1. The van der Waals surface area contributed by atoms with Gasteiger partial charge in [0.25, 0.3) is 0 Å². The van der Waals surface area contributed by atoms with E-state index in [0.29, 0.717) is 24.7 Å². The third-order valence-electron chi connectivity index (χ3n) is 3.42. The summed E-state index contributed by atoms with van der Waals surface area (Å²) in [5.74, 6) is -0.0716. The second-order valence-electron chi connectivity index (χ2n) is 5.29. The summed E-state index contributed by atoms with van der Waals surface area (Å²) in [6.45, 7) is 1.32. The van der Waals surface area contributed by atoms with Crippen molar-refractivity contribution in [2.75, 3.05) is 27.3 Å². The number of ether oxygens (including phenoxy) is 3. The summed E-state index contributed by atoms with van der Waals surface area (Å²) < 4.78 is 40.1. The van der Waals surface area contributed by atoms with Crippen LogP contribution in [0.1, 0.15) is 19.4 Å². The van der Waals surface area contributed by atoms with Crippen LogP contribution in [0.25, 0.3) is 0 Å². The molecule has 154 valence electrons. The Bertz CT molecular complexity index is 618. The van der Waals surface area contributed by atoms with Crippen LogP contribution >= 0.6 is 24.0 Å². The summed E-state index contributed by atoms with van der Waals surface area (Å²) >= 11 is 0. The largest absolute Gasteiger partial charge is 0.490 e. The fourth-order valence-corrected chi connectivity index (χ4v) is 2.13. The molecule has 1 rings (SSSR count). The highest BCUT2D eigenvalue weighted by Gasteiger charge is 2.17. The first-order chi connectivity index (χ1) is 12.4. The van der Waals surface area contributed by atoms with Crippen LogP contribution in [0, 0.1) is 5.92 Å². The third-order valence-corrected chi connectivity index (χ3v) is 3.42. The number of esters is 1. The molecule has 0 radical (unpaired) electrons. The van der Waals surface area contributed by atoms with Gasteiger partial charge in [-0.25, -0.2) is 0 Å². The van der Waals surface area contributed by atoms with Gasteiger partial charge in [-0.1, -0.05) is 19.1 Å². The quantitative estimate of drug-likeness (QED) is 0.235. The van der Waals surface area contributed by atoms with Gasteiger partial charge in [0.2, 0.25) is 0 Å². The van der Waals surface area contributed by atoms with Crippen molar-refractivity contribution in [2.24, 2.45) is 10.9 Å². The van der Waals surface area contributed by atoms with Crippen molar-refractivity contribution < 1.29 is 27.8 Å². The molecule has 1 aromatic rings. The molecule has 0 aliphatic heterocycles. The molecule has 0 aliphatic carbocycles. The molecule has 0 bridgehead atoms. The average Bonchev–Trinajstić information content (AvgIpc) is 2.62. The van der Waals surface area contributed by atoms with Crippen LogP contribution in [0.4, 0.5) is 8.78 Å². The van der Waals surface area contributed by atoms with Gasteiger partial charge in [0.1, 0.15) is 0 Å². The highest BCUT2D eigenvalue weighted by Crippen LogP contribution is 2.32. The van der Waals surface area contributed by atoms with Crippen LogP contribution < -0.4 is 20.1 Å². The minimum atomic E-state index is -2.96. The number of rotatable bonds is 9. The number of carbonyl (C=O) groups is 1. The molecule has 0 amide bonds. The Hall–Kier alpha value is -1.85. The van der Waals surface area contributed by atoms with E-state index in [4.69, 9.17) is 4.74 Å². The minimum Gasteiger partial charge on any atom is -0.490 e. The Balaban J connectivity index is 0.00000676. The number of alkyl halides is 2. The van der Waals surface area contributed by atoms with Gasteiger partial charge in [0.05, 0.1) is 19.6 Å². The fraction of sp³-hybridized carbons (Fsp3) is 0.529. The predicted molar refractivity (Wildman–Crippen MR) is 109 cm³/mol. The first-order valence-corrected chi connectivity index (χ1v) is 8.14. The van der Waals surface area contributed by atoms with Gasteiger partial charge in [-0.2, -0.15) is 8.78 Å². The Morgan fingerprint density at radius 3 is 2.56 bits per heavy atom. The molecule has 1 atom stereocenters. The maximum atomic E-state index is 12.7. The highest BCUT2D eigenvalue weighted by molar-refractivity contribution is 14.0. The normalized spacial score (nSPS) is 12.0. The van der Waals surface area contributed by atoms with E-state index in [1.54, 1.807) is 39.1 Å². The number of para-hydroxylation sites is 1. The fourth-order valence-electron chi connectivity index (χ4n) is 2.13. The monoisotopic (exact) mass is 501 g/mol. The van der Waals surface area contributed by atoms with E-state index in [1.165, 1.54) is 7.11 Å². The molecule has 0 aliphatic rings. The van der Waals surface area contributed by atoms with Crippen molar-refractivity contribution >= 4 is 35.9 Å². The van der Waals surface area contributed by atoms with E-state index < -0.39 is 6.61 Å². The zero-order chi connectivity index (χ0) is 19.5. The van der Waals surface area contributed by atoms with Crippen molar-refractivity contribution in [3.8, 4) is 11.5 Å². The first-order valence-electron chi connectivity index (χ1n) is 8.14. The number of hydrogen-bond donors (Lipinski definition) is 2. The second kappa shape index (κ2) is 13.3. The standard InChI is InChI=1S/C17H25F2N3O4.HI/c1-5-25-13-8-6-7-12(14(13)26-16(18)19)10-22-17(20-3)21-9-11(2)15(23)24-4;/h6-8,11,16H,5,9-10H2,1-4H3,(H2,20,21,22);1H. The molecule has 0 heterocycles. The molecule has 2 N–H and O–H groups in total. The topological polar surface area (TPSA) is 81.2 Å². The van der Waals surface area contributed by atoms with Crippen molar-refractivity contribution in [1.29, 1.82) is 0 Å². The van der Waals surface area contributed by atoms with E-state index >= 15 is 0 Å². The summed E-state index contributed by atoms with van der Waals surface area (Å²) in [4.78, 5) is 15.4. The van der Waals surface area contributed by atoms with Crippen LogP contribution in [0.5, 0.6) is 11.5 Å². The lowest BCUT2D eigenvalue weighted by molar-refractivity contribution is -0.144. The maximum absolute atomic E-state index is 12.7. The molecule has 1 unspecified atom stereocenters. The molecule has 27 heavy (non-hydrogen) atoms. The average molecular weight is 501 g/mol. The van der Waals surface area contributed by atoms with Gasteiger partial charge in [0.15, 0.2) is 17.5 Å². The number of halogens is 3. The van der Waals surface area contributed by atoms with Crippen molar-refractivity contribution in [3.05, 3.63) is 23.8 Å². The van der Waals surface area contributed by atoms with Crippen molar-refractivity contribution in [3.63, 3.8) is 0 Å². The number of carbonyl (C=O) groups excluding carboxylic acids is 1. The van der Waals surface area contributed by atoms with E-state index in [2.05, 4.69) is 25.1 Å². The lowest BCUT2D eigenvalue weighted by atomic mass is 10.2. The molecule has 0 saturated carbocycles. The number of nitrogens with one attached hydrogen (secondary N) is 2. The van der Waals surface area contributed by atoms with Crippen LogP contribution in [-0.2, 0) is 16.1 Å². The number of aliphatic imine (C=N–C) groups is 1. The van der Waals surface area contributed by atoms with Gasteiger partial charge in [-0.05, 0) is 13.0 Å². The summed E-state index contributed by atoms with van der Waals surface area (Å²) in [6.07, 6.45) is 0. The molecule has 10 heteroatoms. The van der Waals surface area contributed by atoms with E-state index in [1.807, 2.05) is 0 Å². The molecule has 0 fully saturated rings. The molecule has 0 spiro atoms. The van der Waals surface area contributed by atoms with Gasteiger partial charge >= 0.3 is 12.6 Å². The number of benzene rings is 1. The van der Waals surface area contributed by atoms with Crippen LogP contribution in [0.2, 0.25) is 0 Å². The Labute approximate surface area is 174 Å². The molecule has 1 aromatic carbocycles. The Morgan fingerprint density at radius 1 is 1.30 bits per heavy atom. The number of nitrogens with zero attached hydrogens (tertiary/aromatic N) is 1. The maximum Gasteiger partial charge on any atom is 0.387 e. The van der Waals surface area contributed by atoms with E-state index in [-0.39, 0.29) is 53.9 Å². The number of hydrogen-bond acceptors (Lipinski definition) is 5. The minimum absolute atomic E-state index is 0. The van der Waals surface area contributed by atoms with Crippen LogP contribution in [0.3, 0.4) is 0 Å². The Kier molecular flexibility index (Phi) is 12.4. The first kappa shape index (κ1) is 25.1. The number of guanidine groups is 1. The van der Waals surface area contributed by atoms with Gasteiger partial charge < -0.3 is 24.8 Å². The highest BCUT2D eigenvalue weighted by atomic mass is 127. The van der Waals surface area contributed by atoms with Gasteiger partial charge in [-0.3, -0.25) is 9.79 Å². The second-order valence-corrected chi connectivity index (χ2v) is 5.29. The smallest absolute Gasteiger partial charge is 0.387 e. The van der Waals surface area contributed by atoms with Crippen LogP contribution in [0.15, 0.2) is 23.2 Å². The molecule has 0 saturated heterocycles. The lowest BCUT2D eigenvalue weighted by Crippen LogP contribution is -2.40. The van der Waals surface area contributed by atoms with Crippen molar-refractivity contribution in [1.82, 2.24) is 10.6 Å². The summed E-state index contributed by atoms with van der Waals surface area (Å²) in [6, 6.07) is 4.91. The summed E-state index contributed by atoms with van der Waals surface area (Å²) in [5, 5.41) is 5.96. The Morgan fingerprint density at radius 2 is 2.00 bits per heavy atom. The predicted octanol–water partition coefficient (Wildman–Crippen LogP) is 2.78.